The minimum absolute atomic E-state index is 0.0798. The van der Waals surface area contributed by atoms with Gasteiger partial charge in [-0.25, -0.2) is 0 Å². The highest BCUT2D eigenvalue weighted by molar-refractivity contribution is 5.71. The normalized spacial score (nSPS) is 12.5. The highest BCUT2D eigenvalue weighted by Crippen LogP contribution is 2.14. The van der Waals surface area contributed by atoms with Crippen LogP contribution in [0.3, 0.4) is 0 Å². The number of ether oxygens (including phenoxy) is 3. The van der Waals surface area contributed by atoms with Gasteiger partial charge in [-0.15, -0.1) is 0 Å². The lowest BCUT2D eigenvalue weighted by Crippen LogP contribution is -2.30. The molecule has 0 saturated heterocycles. The van der Waals surface area contributed by atoms with E-state index < -0.39 is 6.10 Å². The third kappa shape index (κ3) is 48.1. The molecule has 0 fully saturated rings. The molecular weight excluding hydrogens is 769 g/mol. The zero-order valence-corrected chi connectivity index (χ0v) is 40.9. The van der Waals surface area contributed by atoms with Crippen LogP contribution in [-0.2, 0) is 28.6 Å². The van der Waals surface area contributed by atoms with Crippen LogP contribution in [0, 0.1) is 0 Å². The Kier molecular flexibility index (Phi) is 48.4. The number of rotatable bonds is 47. The second-order valence-corrected chi connectivity index (χ2v) is 17.4. The summed E-state index contributed by atoms with van der Waals surface area (Å²) in [5.41, 5.74) is 0. The molecule has 0 heterocycles. The van der Waals surface area contributed by atoms with E-state index in [1.54, 1.807) is 0 Å². The van der Waals surface area contributed by atoms with Gasteiger partial charge in [-0.05, 0) is 83.5 Å². The van der Waals surface area contributed by atoms with E-state index in [4.69, 9.17) is 14.2 Å². The predicted molar refractivity (Wildman–Crippen MR) is 265 cm³/mol. The second kappa shape index (κ2) is 50.8. The molecule has 0 aromatic heterocycles. The molecular formula is C56H98O6. The zero-order chi connectivity index (χ0) is 45.1. The largest absolute Gasteiger partial charge is 0.462 e. The van der Waals surface area contributed by atoms with Crippen LogP contribution < -0.4 is 0 Å². The van der Waals surface area contributed by atoms with E-state index in [9.17, 15) is 14.4 Å². The van der Waals surface area contributed by atoms with E-state index in [0.29, 0.717) is 19.3 Å². The van der Waals surface area contributed by atoms with Gasteiger partial charge < -0.3 is 14.2 Å². The number of unbranched alkanes of at least 4 members (excludes halogenated alkanes) is 26. The zero-order valence-electron chi connectivity index (χ0n) is 40.9. The molecule has 62 heavy (non-hydrogen) atoms. The van der Waals surface area contributed by atoms with Gasteiger partial charge in [-0.1, -0.05) is 216 Å². The fourth-order valence-corrected chi connectivity index (χ4v) is 7.31. The van der Waals surface area contributed by atoms with Crippen LogP contribution in [-0.4, -0.2) is 37.2 Å². The minimum Gasteiger partial charge on any atom is -0.462 e. The van der Waals surface area contributed by atoms with Crippen molar-refractivity contribution in [3.63, 3.8) is 0 Å². The standard InChI is InChI=1S/C56H98O6/c1-4-7-10-13-16-18-20-22-24-26-28-30-31-33-35-37-40-43-46-49-55(58)61-52-53(51-60-54(57)48-45-42-39-15-12-9-6-3)62-56(59)50-47-44-41-38-36-34-32-29-27-25-23-21-19-17-14-11-8-5-2/h7,10,16,18,22,24-25,27-28,30,53H,4-6,8-9,11-15,17,19-21,23,26,29,31-52H2,1-3H3/b10-7-,18-16-,24-22-,27-25-,30-28-. The quantitative estimate of drug-likeness (QED) is 0.0262. The number of hydrogen-bond donors (Lipinski definition) is 0. The van der Waals surface area contributed by atoms with Gasteiger partial charge >= 0.3 is 17.9 Å². The predicted octanol–water partition coefficient (Wildman–Crippen LogP) is 17.3. The van der Waals surface area contributed by atoms with Crippen LogP contribution in [0.15, 0.2) is 60.8 Å². The van der Waals surface area contributed by atoms with Crippen LogP contribution in [0.25, 0.3) is 0 Å². The Morgan fingerprint density at radius 3 is 1.00 bits per heavy atom. The summed E-state index contributed by atoms with van der Waals surface area (Å²) in [6.45, 7) is 6.48. The number of esters is 3. The molecule has 6 nitrogen and oxygen atoms in total. The first kappa shape index (κ1) is 59.1. The topological polar surface area (TPSA) is 78.9 Å². The van der Waals surface area contributed by atoms with Crippen molar-refractivity contribution < 1.29 is 28.6 Å². The average molecular weight is 867 g/mol. The number of allylic oxidation sites excluding steroid dienone is 10. The molecule has 0 aromatic carbocycles. The second-order valence-electron chi connectivity index (χ2n) is 17.4. The van der Waals surface area contributed by atoms with Crippen molar-refractivity contribution in [3.05, 3.63) is 60.8 Å². The third-order valence-electron chi connectivity index (χ3n) is 11.3. The molecule has 0 spiro atoms. The van der Waals surface area contributed by atoms with E-state index in [1.807, 2.05) is 0 Å². The SMILES string of the molecule is CC/C=C\C/C=C\C/C=C\C/C=C\CCCCCCCCC(=O)OCC(COC(=O)CCCCCCCCC)OC(=O)CCCCCCCCC/C=C\CCCCCCCCC. The van der Waals surface area contributed by atoms with Gasteiger partial charge in [-0.3, -0.25) is 14.4 Å². The van der Waals surface area contributed by atoms with E-state index >= 15 is 0 Å². The van der Waals surface area contributed by atoms with Crippen molar-refractivity contribution in [1.29, 1.82) is 0 Å². The maximum atomic E-state index is 12.8. The Hall–Kier alpha value is -2.89. The van der Waals surface area contributed by atoms with Crippen LogP contribution in [0.5, 0.6) is 0 Å². The minimum atomic E-state index is -0.778. The lowest BCUT2D eigenvalue weighted by Gasteiger charge is -2.18. The summed E-state index contributed by atoms with van der Waals surface area (Å²) in [5.74, 6) is -0.900. The van der Waals surface area contributed by atoms with Crippen LogP contribution in [0.4, 0.5) is 0 Å². The highest BCUT2D eigenvalue weighted by Gasteiger charge is 2.19. The lowest BCUT2D eigenvalue weighted by atomic mass is 10.1. The van der Waals surface area contributed by atoms with Crippen molar-refractivity contribution in [3.8, 4) is 0 Å². The molecule has 6 heteroatoms. The van der Waals surface area contributed by atoms with Gasteiger partial charge in [0.05, 0.1) is 0 Å². The smallest absolute Gasteiger partial charge is 0.306 e. The molecule has 0 aliphatic heterocycles. The maximum Gasteiger partial charge on any atom is 0.306 e. The van der Waals surface area contributed by atoms with Gasteiger partial charge in [0, 0.05) is 19.3 Å². The Bertz CT molecular complexity index is 1130. The fraction of sp³-hybridized carbons (Fsp3) is 0.768. The molecule has 358 valence electrons. The highest BCUT2D eigenvalue weighted by atomic mass is 16.6. The maximum absolute atomic E-state index is 12.8. The average Bonchev–Trinajstić information content (AvgIpc) is 3.27. The van der Waals surface area contributed by atoms with Crippen molar-refractivity contribution in [2.24, 2.45) is 0 Å². The molecule has 0 aliphatic rings. The van der Waals surface area contributed by atoms with E-state index in [0.717, 1.165) is 89.9 Å². The van der Waals surface area contributed by atoms with E-state index in [1.165, 1.54) is 128 Å². The summed E-state index contributed by atoms with van der Waals surface area (Å²) >= 11 is 0. The first-order chi connectivity index (χ1) is 30.5. The van der Waals surface area contributed by atoms with Gasteiger partial charge in [0.1, 0.15) is 13.2 Å². The molecule has 0 amide bonds. The van der Waals surface area contributed by atoms with E-state index in [-0.39, 0.29) is 31.1 Å². The Balaban J connectivity index is 4.27. The number of hydrogen-bond acceptors (Lipinski definition) is 6. The Morgan fingerprint density at radius 1 is 0.339 bits per heavy atom. The monoisotopic (exact) mass is 867 g/mol. The molecule has 0 aromatic rings. The van der Waals surface area contributed by atoms with Crippen LogP contribution in [0.2, 0.25) is 0 Å². The first-order valence-electron chi connectivity index (χ1n) is 26.3. The molecule has 1 unspecified atom stereocenters. The van der Waals surface area contributed by atoms with Crippen molar-refractivity contribution in [2.45, 2.75) is 264 Å². The summed E-state index contributed by atoms with van der Waals surface area (Å²) in [4.78, 5) is 37.8. The molecule has 0 rings (SSSR count). The summed E-state index contributed by atoms with van der Waals surface area (Å²) in [5, 5.41) is 0. The first-order valence-corrected chi connectivity index (χ1v) is 26.3. The van der Waals surface area contributed by atoms with Crippen molar-refractivity contribution in [2.75, 3.05) is 13.2 Å². The van der Waals surface area contributed by atoms with E-state index in [2.05, 4.69) is 81.5 Å². The molecule has 0 saturated carbocycles. The summed E-state index contributed by atoms with van der Waals surface area (Å²) in [6, 6.07) is 0. The number of carbonyl (C=O) groups excluding carboxylic acids is 3. The fourth-order valence-electron chi connectivity index (χ4n) is 7.31. The van der Waals surface area contributed by atoms with Gasteiger partial charge in [0.2, 0.25) is 0 Å². The third-order valence-corrected chi connectivity index (χ3v) is 11.3. The molecule has 1 atom stereocenters. The number of carbonyl (C=O) groups is 3. The van der Waals surface area contributed by atoms with Crippen molar-refractivity contribution in [1.82, 2.24) is 0 Å². The summed E-state index contributed by atoms with van der Waals surface area (Å²) in [7, 11) is 0. The van der Waals surface area contributed by atoms with Crippen LogP contribution in [0.1, 0.15) is 258 Å². The lowest BCUT2D eigenvalue weighted by molar-refractivity contribution is -0.167. The van der Waals surface area contributed by atoms with Gasteiger partial charge in [-0.2, -0.15) is 0 Å². The Labute approximate surface area is 383 Å². The molecule has 0 N–H and O–H groups in total. The van der Waals surface area contributed by atoms with Gasteiger partial charge in [0.25, 0.3) is 0 Å². The molecule has 0 aliphatic carbocycles. The molecule has 0 radical (unpaired) electrons. The Morgan fingerprint density at radius 2 is 0.629 bits per heavy atom. The summed E-state index contributed by atoms with van der Waals surface area (Å²) in [6.07, 6.45) is 62.2. The van der Waals surface area contributed by atoms with Gasteiger partial charge in [0.15, 0.2) is 6.10 Å². The molecule has 0 bridgehead atoms. The van der Waals surface area contributed by atoms with Crippen LogP contribution >= 0.6 is 0 Å². The summed E-state index contributed by atoms with van der Waals surface area (Å²) < 4.78 is 16.7. The van der Waals surface area contributed by atoms with Crippen molar-refractivity contribution >= 4 is 17.9 Å².